The summed E-state index contributed by atoms with van der Waals surface area (Å²) in [5.74, 6) is -1.26. The fourth-order valence-corrected chi connectivity index (χ4v) is 5.07. The molecule has 0 radical (unpaired) electrons. The fourth-order valence-electron chi connectivity index (χ4n) is 5.07. The Bertz CT molecular complexity index is 1330. The molecule has 30 heavy (non-hydrogen) atoms. The van der Waals surface area contributed by atoms with Gasteiger partial charge in [0, 0.05) is 34.6 Å². The van der Waals surface area contributed by atoms with Crippen LogP contribution in [0.5, 0.6) is 0 Å². The van der Waals surface area contributed by atoms with Crippen LogP contribution < -0.4 is 0 Å². The van der Waals surface area contributed by atoms with Gasteiger partial charge in [0.05, 0.1) is 12.8 Å². The van der Waals surface area contributed by atoms with E-state index in [9.17, 15) is 18.8 Å². The number of hydrogen-bond donors (Lipinski definition) is 2. The number of hydrogen-bond acceptors (Lipinski definition) is 4. The number of aromatic amines is 2. The first-order valence-electron chi connectivity index (χ1n) is 9.61. The number of carbonyl (C=O) groups is 3. The minimum atomic E-state index is -0.538. The summed E-state index contributed by atoms with van der Waals surface area (Å²) in [4.78, 5) is 45.5. The molecule has 2 atom stereocenters. The van der Waals surface area contributed by atoms with Gasteiger partial charge in [-0.3, -0.25) is 9.59 Å². The maximum atomic E-state index is 13.5. The number of H-pyrrole nitrogens is 2. The molecule has 0 unspecified atom stereocenters. The molecule has 1 saturated heterocycles. The van der Waals surface area contributed by atoms with Gasteiger partial charge < -0.3 is 19.6 Å². The number of ketones is 1. The lowest BCUT2D eigenvalue weighted by Gasteiger charge is -2.27. The highest BCUT2D eigenvalue weighted by Gasteiger charge is 2.67. The molecular formula is C22H16FN3O4. The van der Waals surface area contributed by atoms with Crippen molar-refractivity contribution < 1.29 is 23.5 Å². The molecular weight excluding hydrogens is 389 g/mol. The molecule has 1 amide bonds. The smallest absolute Gasteiger partial charge is 0.354 e. The van der Waals surface area contributed by atoms with E-state index < -0.39 is 11.4 Å². The quantitative estimate of drug-likeness (QED) is 0.641. The van der Waals surface area contributed by atoms with Crippen molar-refractivity contribution in [1.82, 2.24) is 14.9 Å². The Balaban J connectivity index is 1.40. The zero-order chi connectivity index (χ0) is 20.8. The van der Waals surface area contributed by atoms with Crippen molar-refractivity contribution in [2.75, 3.05) is 13.7 Å². The number of esters is 1. The maximum Gasteiger partial charge on any atom is 0.354 e. The number of allylic oxidation sites excluding steroid dienone is 2. The van der Waals surface area contributed by atoms with Crippen LogP contribution in [0.4, 0.5) is 4.39 Å². The zero-order valence-electron chi connectivity index (χ0n) is 15.9. The van der Waals surface area contributed by atoms with Gasteiger partial charge in [0.25, 0.3) is 5.91 Å². The second-order valence-corrected chi connectivity index (χ2v) is 8.06. The molecule has 0 bridgehead atoms. The van der Waals surface area contributed by atoms with Crippen molar-refractivity contribution in [3.05, 3.63) is 70.6 Å². The molecule has 1 spiro atoms. The largest absolute Gasteiger partial charge is 0.464 e. The Morgan fingerprint density at radius 3 is 2.83 bits per heavy atom. The molecule has 7 nitrogen and oxygen atoms in total. The van der Waals surface area contributed by atoms with E-state index in [1.54, 1.807) is 23.1 Å². The molecule has 150 valence electrons. The Labute approximate surface area is 169 Å². The third-order valence-electron chi connectivity index (χ3n) is 6.53. The van der Waals surface area contributed by atoms with Gasteiger partial charge in [-0.1, -0.05) is 0 Å². The van der Waals surface area contributed by atoms with Crippen molar-refractivity contribution >= 4 is 28.6 Å². The lowest BCUT2D eigenvalue weighted by Crippen LogP contribution is -2.33. The van der Waals surface area contributed by atoms with Crippen LogP contribution >= 0.6 is 0 Å². The topological polar surface area (TPSA) is 95.3 Å². The second-order valence-electron chi connectivity index (χ2n) is 8.06. The molecule has 1 saturated carbocycles. The minimum absolute atomic E-state index is 0.183. The first-order valence-corrected chi connectivity index (χ1v) is 9.61. The summed E-state index contributed by atoms with van der Waals surface area (Å²) >= 11 is 0. The van der Waals surface area contributed by atoms with Crippen molar-refractivity contribution in [2.45, 2.75) is 11.8 Å². The Morgan fingerprint density at radius 2 is 2.03 bits per heavy atom. The number of likely N-dealkylation sites (tertiary alicyclic amines) is 1. The Morgan fingerprint density at radius 1 is 1.20 bits per heavy atom. The number of amides is 1. The van der Waals surface area contributed by atoms with Crippen LogP contribution in [0.15, 0.2) is 42.1 Å². The number of carbonyl (C=O) groups excluding carboxylic acids is 3. The molecule has 1 aromatic carbocycles. The number of fused-ring (bicyclic) bond motifs is 2. The van der Waals surface area contributed by atoms with Gasteiger partial charge >= 0.3 is 5.97 Å². The van der Waals surface area contributed by atoms with Crippen molar-refractivity contribution in [3.8, 4) is 0 Å². The summed E-state index contributed by atoms with van der Waals surface area (Å²) < 4.78 is 18.3. The maximum absolute atomic E-state index is 13.5. The van der Waals surface area contributed by atoms with Crippen molar-refractivity contribution in [2.24, 2.45) is 5.92 Å². The molecule has 2 aliphatic carbocycles. The first kappa shape index (κ1) is 17.2. The minimum Gasteiger partial charge on any atom is -0.464 e. The first-order chi connectivity index (χ1) is 14.4. The number of ether oxygens (including phenoxy) is 1. The van der Waals surface area contributed by atoms with Crippen molar-refractivity contribution in [3.63, 3.8) is 0 Å². The lowest BCUT2D eigenvalue weighted by atomic mass is 9.85. The van der Waals surface area contributed by atoms with E-state index in [1.807, 2.05) is 0 Å². The van der Waals surface area contributed by atoms with E-state index in [4.69, 9.17) is 4.74 Å². The van der Waals surface area contributed by atoms with Gasteiger partial charge in [-0.25, -0.2) is 9.18 Å². The molecule has 2 aromatic heterocycles. The average Bonchev–Trinajstić information content (AvgIpc) is 3.08. The molecule has 3 heterocycles. The molecule has 8 heteroatoms. The van der Waals surface area contributed by atoms with Crippen LogP contribution in [-0.4, -0.2) is 46.2 Å². The van der Waals surface area contributed by atoms with Crippen LogP contribution in [0.3, 0.4) is 0 Å². The summed E-state index contributed by atoms with van der Waals surface area (Å²) in [5.41, 5.74) is 2.61. The van der Waals surface area contributed by atoms with Crippen LogP contribution in [0.25, 0.3) is 10.9 Å². The summed E-state index contributed by atoms with van der Waals surface area (Å²) in [6.07, 6.45) is 2.31. The van der Waals surface area contributed by atoms with Gasteiger partial charge in [-0.15, -0.1) is 0 Å². The highest BCUT2D eigenvalue weighted by molar-refractivity contribution is 6.10. The van der Waals surface area contributed by atoms with Crippen LogP contribution in [0.2, 0.25) is 0 Å². The fraction of sp³-hybridized carbons (Fsp3) is 0.227. The van der Waals surface area contributed by atoms with Gasteiger partial charge in [-0.05, 0) is 48.2 Å². The number of piperidine rings is 1. The highest BCUT2D eigenvalue weighted by atomic mass is 19.1. The molecule has 6 rings (SSSR count). The van der Waals surface area contributed by atoms with E-state index in [0.29, 0.717) is 34.5 Å². The number of nitrogens with zero attached hydrogens (tertiary/aromatic N) is 1. The second kappa shape index (κ2) is 5.47. The average molecular weight is 405 g/mol. The van der Waals surface area contributed by atoms with E-state index in [2.05, 4.69) is 9.97 Å². The molecule has 3 aliphatic rings. The molecule has 3 aromatic rings. The SMILES string of the molecule is COC(=O)c1cc2c([nH]1)C(=O)C=C1N(C(=O)c3cc4cc(F)ccc4[nH]3)C[C@H]3C[C@]123. The standard InChI is InChI=1S/C22H16FN3O4/c1-30-21(29)16-6-13-19(25-16)17(27)7-18-22(13)8-11(22)9-26(18)20(28)15-5-10-4-12(23)2-3-14(10)24-15/h2-7,11,24-25H,8-9H2,1H3/t11-,22-/m1/s1. The normalized spacial score (nSPS) is 23.7. The number of benzene rings is 1. The predicted molar refractivity (Wildman–Crippen MR) is 104 cm³/mol. The highest BCUT2D eigenvalue weighted by Crippen LogP contribution is 2.66. The van der Waals surface area contributed by atoms with Crippen LogP contribution in [-0.2, 0) is 10.2 Å². The summed E-state index contributed by atoms with van der Waals surface area (Å²) in [6, 6.07) is 7.59. The van der Waals surface area contributed by atoms with Crippen LogP contribution in [0.1, 0.15) is 43.4 Å². The summed E-state index contributed by atoms with van der Waals surface area (Å²) in [7, 11) is 1.29. The number of halogens is 1. The zero-order valence-corrected chi connectivity index (χ0v) is 15.9. The van der Waals surface area contributed by atoms with E-state index in [0.717, 1.165) is 12.0 Å². The van der Waals surface area contributed by atoms with Gasteiger partial charge in [0.1, 0.15) is 17.2 Å². The monoisotopic (exact) mass is 405 g/mol. The van der Waals surface area contributed by atoms with Crippen molar-refractivity contribution in [1.29, 1.82) is 0 Å². The molecule has 2 fully saturated rings. The van der Waals surface area contributed by atoms with Gasteiger partial charge in [-0.2, -0.15) is 0 Å². The summed E-state index contributed by atoms with van der Waals surface area (Å²) in [6.45, 7) is 0.486. The van der Waals surface area contributed by atoms with E-state index >= 15 is 0 Å². The number of rotatable bonds is 2. The Hall–Kier alpha value is -3.68. The van der Waals surface area contributed by atoms with Crippen LogP contribution in [0, 0.1) is 11.7 Å². The number of aromatic nitrogens is 2. The lowest BCUT2D eigenvalue weighted by molar-refractivity contribution is 0.0594. The Kier molecular flexibility index (Phi) is 3.14. The van der Waals surface area contributed by atoms with E-state index in [1.165, 1.54) is 25.3 Å². The third kappa shape index (κ3) is 2.05. The third-order valence-corrected chi connectivity index (χ3v) is 6.53. The number of nitrogens with one attached hydrogen (secondary N) is 2. The van der Waals surface area contributed by atoms with Gasteiger partial charge in [0.15, 0.2) is 0 Å². The summed E-state index contributed by atoms with van der Waals surface area (Å²) in [5, 5.41) is 0.613. The van der Waals surface area contributed by atoms with E-state index in [-0.39, 0.29) is 29.1 Å². The molecule has 2 N–H and O–H groups in total. The van der Waals surface area contributed by atoms with Gasteiger partial charge in [0.2, 0.25) is 5.78 Å². The predicted octanol–water partition coefficient (Wildman–Crippen LogP) is 2.92. The molecule has 1 aliphatic heterocycles. The number of methoxy groups -OCH3 is 1.